The number of fused-ring (bicyclic) bond motifs is 2. The molecule has 0 spiro atoms. The van der Waals surface area contributed by atoms with Crippen molar-refractivity contribution in [3.63, 3.8) is 0 Å². The molecule has 0 saturated carbocycles. The predicted octanol–water partition coefficient (Wildman–Crippen LogP) is 4.74. The van der Waals surface area contributed by atoms with Crippen molar-refractivity contribution in [3.05, 3.63) is 71.5 Å². The van der Waals surface area contributed by atoms with Crippen molar-refractivity contribution in [3.8, 4) is 0 Å². The van der Waals surface area contributed by atoms with Crippen LogP contribution >= 0.6 is 0 Å². The van der Waals surface area contributed by atoms with Crippen LogP contribution in [0.15, 0.2) is 59.9 Å². The van der Waals surface area contributed by atoms with Gasteiger partial charge in [0, 0.05) is 29.1 Å². The number of rotatable bonds is 2. The van der Waals surface area contributed by atoms with Crippen molar-refractivity contribution in [2.75, 3.05) is 0 Å². The van der Waals surface area contributed by atoms with Crippen LogP contribution in [0.3, 0.4) is 0 Å². The summed E-state index contributed by atoms with van der Waals surface area (Å²) in [6, 6.07) is 12.2. The highest BCUT2D eigenvalue weighted by Crippen LogP contribution is 2.48. The predicted molar refractivity (Wildman–Crippen MR) is 94.2 cm³/mol. The van der Waals surface area contributed by atoms with Crippen molar-refractivity contribution < 1.29 is 8.78 Å². The molecule has 1 atom stereocenters. The van der Waals surface area contributed by atoms with Gasteiger partial charge >= 0.3 is 0 Å². The molecule has 0 fully saturated rings. The molecule has 1 aliphatic rings. The third kappa shape index (κ3) is 2.26. The number of halogens is 2. The quantitative estimate of drug-likeness (QED) is 0.677. The maximum Gasteiger partial charge on any atom is 0.298 e. The van der Waals surface area contributed by atoms with Gasteiger partial charge in [-0.2, -0.15) is 8.78 Å². The largest absolute Gasteiger partial charge is 0.298 e. The van der Waals surface area contributed by atoms with E-state index in [1.807, 2.05) is 18.2 Å². The molecule has 3 aromatic rings. The second kappa shape index (κ2) is 5.41. The minimum atomic E-state index is -3.02. The van der Waals surface area contributed by atoms with Gasteiger partial charge in [0.15, 0.2) is 0 Å². The topological polar surface area (TPSA) is 38.1 Å². The van der Waals surface area contributed by atoms with Gasteiger partial charge in [-0.3, -0.25) is 15.0 Å². The van der Waals surface area contributed by atoms with E-state index in [4.69, 9.17) is 0 Å². The monoisotopic (exact) mass is 337 g/mol. The average molecular weight is 337 g/mol. The lowest BCUT2D eigenvalue weighted by atomic mass is 9.79. The van der Waals surface area contributed by atoms with Gasteiger partial charge in [-0.1, -0.05) is 37.3 Å². The number of hydrogen-bond acceptors (Lipinski definition) is 3. The summed E-state index contributed by atoms with van der Waals surface area (Å²) in [5.41, 5.74) is 1.86. The lowest BCUT2D eigenvalue weighted by Crippen LogP contribution is -2.46. The van der Waals surface area contributed by atoms with Crippen LogP contribution in [0, 0.1) is 0 Å². The van der Waals surface area contributed by atoms with Gasteiger partial charge in [0.25, 0.3) is 5.92 Å². The molecule has 1 unspecified atom stereocenters. The molecule has 1 aliphatic heterocycles. The smallest absolute Gasteiger partial charge is 0.271 e. The summed E-state index contributed by atoms with van der Waals surface area (Å²) in [6.07, 6.45) is 3.49. The summed E-state index contributed by atoms with van der Waals surface area (Å²) in [6.45, 7) is 3.26. The number of benzene rings is 2. The highest BCUT2D eigenvalue weighted by atomic mass is 19.3. The first kappa shape index (κ1) is 15.8. The second-order valence-corrected chi connectivity index (χ2v) is 6.47. The minimum absolute atomic E-state index is 0.0311. The van der Waals surface area contributed by atoms with Crippen LogP contribution in [0.5, 0.6) is 0 Å². The van der Waals surface area contributed by atoms with Crippen molar-refractivity contribution in [2.24, 2.45) is 4.99 Å². The van der Waals surface area contributed by atoms with E-state index in [0.29, 0.717) is 11.3 Å². The summed E-state index contributed by atoms with van der Waals surface area (Å²) in [7, 11) is 0. The summed E-state index contributed by atoms with van der Waals surface area (Å²) in [4.78, 5) is 13.1. The summed E-state index contributed by atoms with van der Waals surface area (Å²) < 4.78 is 30.1. The zero-order valence-electron chi connectivity index (χ0n) is 14.0. The Morgan fingerprint density at radius 3 is 2.44 bits per heavy atom. The summed E-state index contributed by atoms with van der Waals surface area (Å²) >= 11 is 0. The van der Waals surface area contributed by atoms with E-state index in [1.165, 1.54) is 13.0 Å². The first-order valence-corrected chi connectivity index (χ1v) is 8.25. The van der Waals surface area contributed by atoms with E-state index in [9.17, 15) is 0 Å². The highest BCUT2D eigenvalue weighted by Gasteiger charge is 2.54. The second-order valence-electron chi connectivity index (χ2n) is 6.47. The van der Waals surface area contributed by atoms with E-state index >= 15 is 8.78 Å². The van der Waals surface area contributed by atoms with Crippen LogP contribution < -0.4 is 0 Å². The Morgan fingerprint density at radius 2 is 1.68 bits per heavy atom. The first-order valence-electron chi connectivity index (χ1n) is 8.25. The number of aliphatic imine (C=N–C) groups is 1. The molecular weight excluding hydrogens is 320 g/mol. The molecule has 3 nitrogen and oxygen atoms in total. The maximum atomic E-state index is 15.1. The fourth-order valence-corrected chi connectivity index (χ4v) is 3.26. The molecule has 5 heteroatoms. The number of alkyl halides is 2. The standard InChI is InChI=1S/C20H17F2N3/c1-3-19(2)20(21,22)15-7-5-4-6-14(15)18(25-19)13-8-9-16-17(12-13)24-11-10-23-16/h4-12H,3H2,1-2H3. The highest BCUT2D eigenvalue weighted by molar-refractivity contribution is 6.15. The molecule has 0 bridgehead atoms. The van der Waals surface area contributed by atoms with Gasteiger partial charge in [-0.15, -0.1) is 0 Å². The van der Waals surface area contributed by atoms with Gasteiger partial charge in [-0.25, -0.2) is 0 Å². The molecule has 4 rings (SSSR count). The normalized spacial score (nSPS) is 21.7. The first-order chi connectivity index (χ1) is 12.0. The van der Waals surface area contributed by atoms with Gasteiger partial charge in [0.05, 0.1) is 16.7 Å². The fourth-order valence-electron chi connectivity index (χ4n) is 3.26. The molecule has 0 radical (unpaired) electrons. The molecule has 1 aromatic heterocycles. The molecule has 126 valence electrons. The van der Waals surface area contributed by atoms with Crippen LogP contribution in [0.4, 0.5) is 8.78 Å². The summed E-state index contributed by atoms with van der Waals surface area (Å²) in [5, 5.41) is 0. The molecule has 2 heterocycles. The van der Waals surface area contributed by atoms with E-state index in [-0.39, 0.29) is 12.0 Å². The summed E-state index contributed by atoms with van der Waals surface area (Å²) in [5.74, 6) is -3.02. The molecule has 0 aliphatic carbocycles. The van der Waals surface area contributed by atoms with E-state index in [2.05, 4.69) is 15.0 Å². The maximum absolute atomic E-state index is 15.1. The lowest BCUT2D eigenvalue weighted by molar-refractivity contribution is -0.0769. The van der Waals surface area contributed by atoms with Crippen molar-refractivity contribution in [1.82, 2.24) is 9.97 Å². The lowest BCUT2D eigenvalue weighted by Gasteiger charge is -2.39. The third-order valence-electron chi connectivity index (χ3n) is 4.99. The van der Waals surface area contributed by atoms with Crippen LogP contribution in [-0.2, 0) is 5.92 Å². The fraction of sp³-hybridized carbons (Fsp3) is 0.250. The number of nitrogens with zero attached hydrogens (tertiary/aromatic N) is 3. The van der Waals surface area contributed by atoms with E-state index in [0.717, 1.165) is 16.6 Å². The van der Waals surface area contributed by atoms with Crippen LogP contribution in [-0.4, -0.2) is 21.2 Å². The minimum Gasteiger partial charge on any atom is -0.271 e. The van der Waals surface area contributed by atoms with Crippen molar-refractivity contribution in [1.29, 1.82) is 0 Å². The Morgan fingerprint density at radius 1 is 0.960 bits per heavy atom. The Kier molecular flexibility index (Phi) is 3.42. The average Bonchev–Trinajstić information content (AvgIpc) is 2.64. The SMILES string of the molecule is CCC1(C)N=C(c2ccc3nccnc3c2)c2ccccc2C1(F)F. The van der Waals surface area contributed by atoms with Crippen LogP contribution in [0.2, 0.25) is 0 Å². The molecule has 25 heavy (non-hydrogen) atoms. The van der Waals surface area contributed by atoms with Gasteiger partial charge in [0.2, 0.25) is 0 Å². The van der Waals surface area contributed by atoms with E-state index < -0.39 is 11.5 Å². The zero-order chi connectivity index (χ0) is 17.7. The van der Waals surface area contributed by atoms with Crippen molar-refractivity contribution >= 4 is 16.7 Å². The van der Waals surface area contributed by atoms with Crippen molar-refractivity contribution in [2.45, 2.75) is 31.7 Å². The Balaban J connectivity index is 1.98. The Bertz CT molecular complexity index is 997. The third-order valence-corrected chi connectivity index (χ3v) is 4.99. The molecule has 0 amide bonds. The molecule has 0 saturated heterocycles. The van der Waals surface area contributed by atoms with Gasteiger partial charge in [-0.05, 0) is 25.5 Å². The molecule has 2 aromatic carbocycles. The van der Waals surface area contributed by atoms with Crippen LogP contribution in [0.1, 0.15) is 37.0 Å². The Labute approximate surface area is 144 Å². The molecule has 0 N–H and O–H groups in total. The molecular formula is C20H17F2N3. The number of hydrogen-bond donors (Lipinski definition) is 0. The Hall–Kier alpha value is -2.69. The van der Waals surface area contributed by atoms with Gasteiger partial charge < -0.3 is 0 Å². The van der Waals surface area contributed by atoms with Gasteiger partial charge in [0.1, 0.15) is 5.54 Å². The number of aromatic nitrogens is 2. The van der Waals surface area contributed by atoms with Crippen LogP contribution in [0.25, 0.3) is 11.0 Å². The van der Waals surface area contributed by atoms with E-state index in [1.54, 1.807) is 37.5 Å². The zero-order valence-corrected chi connectivity index (χ0v) is 14.0.